The zero-order valence-corrected chi connectivity index (χ0v) is 19.0. The Kier molecular flexibility index (Phi) is 8.71. The smallest absolute Gasteiger partial charge is 0.224 e. The number of thioether (sulfide) groups is 1. The van der Waals surface area contributed by atoms with E-state index >= 15 is 0 Å². The lowest BCUT2D eigenvalue weighted by Gasteiger charge is -2.32. The fourth-order valence-electron chi connectivity index (χ4n) is 3.49. The Bertz CT molecular complexity index is 789. The van der Waals surface area contributed by atoms with Crippen LogP contribution in [0.1, 0.15) is 24.0 Å². The van der Waals surface area contributed by atoms with Crippen molar-refractivity contribution in [2.75, 3.05) is 25.4 Å². The summed E-state index contributed by atoms with van der Waals surface area (Å²) in [7, 11) is 0. The average molecular weight is 482 g/mol. The molecule has 1 atom stereocenters. The van der Waals surface area contributed by atoms with E-state index in [0.29, 0.717) is 6.54 Å². The second kappa shape index (κ2) is 11.2. The molecule has 1 aliphatic rings. The number of nitrogens with one attached hydrogen (secondary N) is 1. The van der Waals surface area contributed by atoms with E-state index in [1.54, 1.807) is 11.8 Å². The number of benzene rings is 2. The van der Waals surface area contributed by atoms with E-state index in [2.05, 4.69) is 50.4 Å². The van der Waals surface area contributed by atoms with Gasteiger partial charge in [-0.25, -0.2) is 0 Å². The Balaban J connectivity index is 1.37. The van der Waals surface area contributed by atoms with Crippen molar-refractivity contribution < 1.29 is 4.79 Å². The van der Waals surface area contributed by atoms with Crippen LogP contribution >= 0.6 is 39.3 Å². The van der Waals surface area contributed by atoms with Gasteiger partial charge in [0.05, 0.1) is 5.92 Å². The molecule has 0 radical (unpaired) electrons. The summed E-state index contributed by atoms with van der Waals surface area (Å²) in [5, 5.41) is 3.93. The molecule has 1 amide bonds. The first-order chi connectivity index (χ1) is 13.6. The van der Waals surface area contributed by atoms with Crippen LogP contribution in [0.2, 0.25) is 5.02 Å². The van der Waals surface area contributed by atoms with Gasteiger partial charge in [-0.3, -0.25) is 9.69 Å². The highest BCUT2D eigenvalue weighted by Crippen LogP contribution is 2.22. The maximum Gasteiger partial charge on any atom is 0.224 e. The number of nitrogens with zero attached hydrogens (tertiary/aromatic N) is 1. The van der Waals surface area contributed by atoms with Gasteiger partial charge in [0.2, 0.25) is 5.91 Å². The number of rotatable bonds is 8. The Morgan fingerprint density at radius 1 is 1.25 bits per heavy atom. The number of hydrogen-bond acceptors (Lipinski definition) is 3. The van der Waals surface area contributed by atoms with Gasteiger partial charge in [-0.05, 0) is 48.7 Å². The molecule has 3 nitrogen and oxygen atoms in total. The number of carbonyl (C=O) groups is 1. The quantitative estimate of drug-likeness (QED) is 0.515. The summed E-state index contributed by atoms with van der Waals surface area (Å²) in [4.78, 5) is 15.0. The summed E-state index contributed by atoms with van der Waals surface area (Å²) in [6.07, 6.45) is 2.06. The third-order valence-electron chi connectivity index (χ3n) is 4.93. The fraction of sp³-hybridized carbons (Fsp3) is 0.409. The number of halogens is 2. The average Bonchev–Trinajstić information content (AvgIpc) is 2.69. The first-order valence-corrected chi connectivity index (χ1v) is 12.0. The number of amides is 1. The van der Waals surface area contributed by atoms with Crippen LogP contribution in [0.3, 0.4) is 0 Å². The predicted octanol–water partition coefficient (Wildman–Crippen LogP) is 5.36. The lowest BCUT2D eigenvalue weighted by molar-refractivity contribution is -0.126. The van der Waals surface area contributed by atoms with Gasteiger partial charge in [-0.15, -0.1) is 0 Å². The van der Waals surface area contributed by atoms with Gasteiger partial charge in [0.15, 0.2) is 0 Å². The van der Waals surface area contributed by atoms with Crippen LogP contribution < -0.4 is 5.32 Å². The van der Waals surface area contributed by atoms with E-state index < -0.39 is 0 Å². The van der Waals surface area contributed by atoms with Crippen LogP contribution in [-0.4, -0.2) is 36.2 Å². The molecule has 6 heteroatoms. The summed E-state index contributed by atoms with van der Waals surface area (Å²) >= 11 is 11.5. The second-order valence-electron chi connectivity index (χ2n) is 7.14. The Hall–Kier alpha value is -1.01. The van der Waals surface area contributed by atoms with E-state index in [1.165, 1.54) is 5.56 Å². The van der Waals surface area contributed by atoms with Crippen LogP contribution in [-0.2, 0) is 17.1 Å². The molecule has 0 bridgehead atoms. The minimum Gasteiger partial charge on any atom is -0.355 e. The minimum atomic E-state index is 0.0921. The molecular weight excluding hydrogens is 456 g/mol. The van der Waals surface area contributed by atoms with Crippen LogP contribution in [0.4, 0.5) is 0 Å². The minimum absolute atomic E-state index is 0.0921. The van der Waals surface area contributed by atoms with Gasteiger partial charge in [0.1, 0.15) is 0 Å². The fourth-order valence-corrected chi connectivity index (χ4v) is 5.09. The first-order valence-electron chi connectivity index (χ1n) is 9.67. The summed E-state index contributed by atoms with van der Waals surface area (Å²) in [6.45, 7) is 3.50. The molecule has 1 unspecified atom stereocenters. The zero-order chi connectivity index (χ0) is 19.8. The van der Waals surface area contributed by atoms with Crippen molar-refractivity contribution in [2.45, 2.75) is 25.1 Å². The molecule has 0 aromatic heterocycles. The largest absolute Gasteiger partial charge is 0.355 e. The summed E-state index contributed by atoms with van der Waals surface area (Å²) in [6, 6.07) is 16.3. The molecular formula is C22H26BrClN2OS. The van der Waals surface area contributed by atoms with E-state index in [-0.39, 0.29) is 11.8 Å². The molecule has 1 saturated heterocycles. The van der Waals surface area contributed by atoms with Crippen LogP contribution in [0.5, 0.6) is 0 Å². The number of piperidine rings is 1. The SMILES string of the molecule is O=C(NCCSCc1ccccc1Cl)C1CCCN(Cc2cccc(Br)c2)C1. The summed E-state index contributed by atoms with van der Waals surface area (Å²) in [5.41, 5.74) is 2.43. The van der Waals surface area contributed by atoms with E-state index in [4.69, 9.17) is 11.6 Å². The van der Waals surface area contributed by atoms with Gasteiger partial charge < -0.3 is 5.32 Å². The van der Waals surface area contributed by atoms with Crippen molar-refractivity contribution in [3.8, 4) is 0 Å². The monoisotopic (exact) mass is 480 g/mol. The van der Waals surface area contributed by atoms with Gasteiger partial charge in [0.25, 0.3) is 0 Å². The molecule has 1 heterocycles. The standard InChI is InChI=1S/C22H26BrClN2OS/c23-20-8-3-5-17(13-20)14-26-11-4-7-18(15-26)22(27)25-10-12-28-16-19-6-1-2-9-21(19)24/h1-3,5-6,8-9,13,18H,4,7,10-12,14-16H2,(H,25,27). The molecule has 150 valence electrons. The van der Waals surface area contributed by atoms with E-state index in [9.17, 15) is 4.79 Å². The van der Waals surface area contributed by atoms with Crippen molar-refractivity contribution in [1.29, 1.82) is 0 Å². The lowest BCUT2D eigenvalue weighted by Crippen LogP contribution is -2.43. The van der Waals surface area contributed by atoms with Crippen molar-refractivity contribution in [2.24, 2.45) is 5.92 Å². The van der Waals surface area contributed by atoms with E-state index in [0.717, 1.165) is 59.0 Å². The lowest BCUT2D eigenvalue weighted by atomic mass is 9.96. The molecule has 1 aliphatic heterocycles. The highest BCUT2D eigenvalue weighted by atomic mass is 79.9. The predicted molar refractivity (Wildman–Crippen MR) is 123 cm³/mol. The van der Waals surface area contributed by atoms with Crippen molar-refractivity contribution in [3.05, 3.63) is 69.2 Å². The Morgan fingerprint density at radius 3 is 2.93 bits per heavy atom. The molecule has 0 aliphatic carbocycles. The molecule has 2 aromatic rings. The third kappa shape index (κ3) is 6.80. The van der Waals surface area contributed by atoms with Crippen LogP contribution in [0.15, 0.2) is 53.0 Å². The molecule has 28 heavy (non-hydrogen) atoms. The number of hydrogen-bond donors (Lipinski definition) is 1. The Labute approximate surface area is 185 Å². The molecule has 1 fully saturated rings. The number of carbonyl (C=O) groups excluding carboxylic acids is 1. The Morgan fingerprint density at radius 2 is 2.11 bits per heavy atom. The van der Waals surface area contributed by atoms with Crippen molar-refractivity contribution >= 4 is 45.2 Å². The summed E-state index contributed by atoms with van der Waals surface area (Å²) < 4.78 is 1.10. The van der Waals surface area contributed by atoms with Crippen molar-refractivity contribution in [1.82, 2.24) is 10.2 Å². The van der Waals surface area contributed by atoms with Gasteiger partial charge >= 0.3 is 0 Å². The third-order valence-corrected chi connectivity index (χ3v) is 6.80. The molecule has 0 saturated carbocycles. The number of likely N-dealkylation sites (tertiary alicyclic amines) is 1. The first kappa shape index (κ1) is 21.7. The van der Waals surface area contributed by atoms with Gasteiger partial charge in [0, 0.05) is 40.6 Å². The van der Waals surface area contributed by atoms with Crippen LogP contribution in [0, 0.1) is 5.92 Å². The van der Waals surface area contributed by atoms with Gasteiger partial charge in [-0.1, -0.05) is 57.9 Å². The maximum absolute atomic E-state index is 12.6. The highest BCUT2D eigenvalue weighted by Gasteiger charge is 2.25. The maximum atomic E-state index is 12.6. The van der Waals surface area contributed by atoms with Gasteiger partial charge in [-0.2, -0.15) is 11.8 Å². The van der Waals surface area contributed by atoms with Crippen LogP contribution in [0.25, 0.3) is 0 Å². The zero-order valence-electron chi connectivity index (χ0n) is 15.9. The topological polar surface area (TPSA) is 32.3 Å². The second-order valence-corrected chi connectivity index (χ2v) is 9.57. The van der Waals surface area contributed by atoms with Crippen molar-refractivity contribution in [3.63, 3.8) is 0 Å². The normalized spacial score (nSPS) is 17.4. The summed E-state index contributed by atoms with van der Waals surface area (Å²) in [5.74, 6) is 2.05. The highest BCUT2D eigenvalue weighted by molar-refractivity contribution is 9.10. The molecule has 2 aromatic carbocycles. The van der Waals surface area contributed by atoms with E-state index in [1.807, 2.05) is 24.3 Å². The molecule has 1 N–H and O–H groups in total. The molecule has 0 spiro atoms. The molecule has 3 rings (SSSR count).